The fourth-order valence-electron chi connectivity index (χ4n) is 1.04. The minimum atomic E-state index is -0.251. The molecule has 1 heterocycles. The molecule has 1 aliphatic rings. The zero-order valence-corrected chi connectivity index (χ0v) is 5.56. The van der Waals surface area contributed by atoms with Gasteiger partial charge in [0.05, 0.1) is 0 Å². The Morgan fingerprint density at radius 3 is 3.18 bits per heavy atom. The molecular formula is C6H5N3O2. The number of allylic oxidation sites excluding steroid dienone is 2. The maximum atomic E-state index is 11.0. The van der Waals surface area contributed by atoms with Crippen molar-refractivity contribution in [3.63, 3.8) is 0 Å². The Labute approximate surface area is 61.9 Å². The number of carbonyl (C=O) groups excluding carboxylic acids is 1. The molecule has 0 spiro atoms. The van der Waals surface area contributed by atoms with Crippen LogP contribution in [0.2, 0.25) is 0 Å². The minimum Gasteiger partial charge on any atom is -0.410 e. The van der Waals surface area contributed by atoms with E-state index >= 15 is 0 Å². The standard InChI is InChI=1S/C6H5N3O2/c10-5-3-1-2-4-6(5)9(11)8-7-4/h1,3,11H,2H2. The largest absolute Gasteiger partial charge is 0.410 e. The van der Waals surface area contributed by atoms with Gasteiger partial charge >= 0.3 is 0 Å². The van der Waals surface area contributed by atoms with Gasteiger partial charge in [0.2, 0.25) is 5.78 Å². The van der Waals surface area contributed by atoms with E-state index in [1.807, 2.05) is 0 Å². The Kier molecular flexibility index (Phi) is 1.06. The second-order valence-corrected chi connectivity index (χ2v) is 2.24. The second-order valence-electron chi connectivity index (χ2n) is 2.24. The number of fused-ring (bicyclic) bond motifs is 1. The van der Waals surface area contributed by atoms with Crippen LogP contribution in [0.25, 0.3) is 0 Å². The molecule has 1 aromatic rings. The number of nitrogens with zero attached hydrogens (tertiary/aromatic N) is 3. The molecule has 0 radical (unpaired) electrons. The molecule has 0 unspecified atom stereocenters. The van der Waals surface area contributed by atoms with Crippen molar-refractivity contribution in [2.24, 2.45) is 0 Å². The van der Waals surface area contributed by atoms with Crippen LogP contribution < -0.4 is 0 Å². The molecule has 0 saturated heterocycles. The number of carbonyl (C=O) groups is 1. The summed E-state index contributed by atoms with van der Waals surface area (Å²) < 4.78 is 0. The number of aromatic nitrogens is 3. The summed E-state index contributed by atoms with van der Waals surface area (Å²) in [6, 6.07) is 0. The lowest BCUT2D eigenvalue weighted by molar-refractivity contribution is 0.0948. The Balaban J connectivity index is 2.63. The highest BCUT2D eigenvalue weighted by Gasteiger charge is 2.20. The Morgan fingerprint density at radius 1 is 1.64 bits per heavy atom. The summed E-state index contributed by atoms with van der Waals surface area (Å²) in [7, 11) is 0. The smallest absolute Gasteiger partial charge is 0.209 e. The third-order valence-electron chi connectivity index (χ3n) is 1.54. The van der Waals surface area contributed by atoms with E-state index in [0.717, 1.165) is 0 Å². The molecular weight excluding hydrogens is 146 g/mol. The first-order valence-electron chi connectivity index (χ1n) is 3.14. The van der Waals surface area contributed by atoms with E-state index in [0.29, 0.717) is 17.0 Å². The van der Waals surface area contributed by atoms with E-state index < -0.39 is 0 Å². The van der Waals surface area contributed by atoms with Crippen molar-refractivity contribution >= 4 is 5.78 Å². The quantitative estimate of drug-likeness (QED) is 0.522. The molecule has 0 fully saturated rings. The van der Waals surface area contributed by atoms with Gasteiger partial charge in [-0.1, -0.05) is 10.9 Å². The fraction of sp³-hybridized carbons (Fsp3) is 0.167. The number of rotatable bonds is 0. The van der Waals surface area contributed by atoms with Crippen LogP contribution in [-0.2, 0) is 6.42 Å². The predicted octanol–water partition coefficient (Wildman–Crippen LogP) is -0.190. The van der Waals surface area contributed by atoms with Crippen LogP contribution in [-0.4, -0.2) is 26.1 Å². The van der Waals surface area contributed by atoms with Crippen LogP contribution in [0.15, 0.2) is 12.2 Å². The molecule has 5 heteroatoms. The van der Waals surface area contributed by atoms with Crippen molar-refractivity contribution < 1.29 is 10.0 Å². The van der Waals surface area contributed by atoms with Gasteiger partial charge in [0.1, 0.15) is 5.69 Å². The molecule has 5 nitrogen and oxygen atoms in total. The molecule has 0 saturated carbocycles. The van der Waals surface area contributed by atoms with Crippen molar-refractivity contribution in [1.29, 1.82) is 0 Å². The molecule has 1 N–H and O–H groups in total. The Morgan fingerprint density at radius 2 is 2.45 bits per heavy atom. The average Bonchev–Trinajstić information content (AvgIpc) is 2.34. The van der Waals surface area contributed by atoms with Gasteiger partial charge in [-0.2, -0.15) is 0 Å². The van der Waals surface area contributed by atoms with Gasteiger partial charge in [0.25, 0.3) is 0 Å². The summed E-state index contributed by atoms with van der Waals surface area (Å²) in [4.78, 5) is 11.5. The second kappa shape index (κ2) is 1.91. The lowest BCUT2D eigenvalue weighted by Crippen LogP contribution is -2.10. The summed E-state index contributed by atoms with van der Waals surface area (Å²) in [5.74, 6) is -0.251. The summed E-state index contributed by atoms with van der Waals surface area (Å²) in [6.45, 7) is 0. The maximum Gasteiger partial charge on any atom is 0.209 e. The fourth-order valence-corrected chi connectivity index (χ4v) is 1.04. The molecule has 0 atom stereocenters. The summed E-state index contributed by atoms with van der Waals surface area (Å²) in [6.07, 6.45) is 3.65. The third-order valence-corrected chi connectivity index (χ3v) is 1.54. The van der Waals surface area contributed by atoms with Gasteiger partial charge in [0, 0.05) is 6.42 Å². The first kappa shape index (κ1) is 6.09. The van der Waals surface area contributed by atoms with Crippen molar-refractivity contribution in [2.45, 2.75) is 6.42 Å². The first-order valence-corrected chi connectivity index (χ1v) is 3.14. The lowest BCUT2D eigenvalue weighted by atomic mass is 10.1. The van der Waals surface area contributed by atoms with Crippen molar-refractivity contribution in [1.82, 2.24) is 15.2 Å². The number of ketones is 1. The number of hydrogen-bond donors (Lipinski definition) is 1. The van der Waals surface area contributed by atoms with Crippen LogP contribution in [0.5, 0.6) is 0 Å². The van der Waals surface area contributed by atoms with Crippen LogP contribution in [0.3, 0.4) is 0 Å². The lowest BCUT2D eigenvalue weighted by Gasteiger charge is -2.00. The van der Waals surface area contributed by atoms with Crippen molar-refractivity contribution in [2.75, 3.05) is 0 Å². The van der Waals surface area contributed by atoms with E-state index in [1.54, 1.807) is 6.08 Å². The highest BCUT2D eigenvalue weighted by atomic mass is 16.5. The minimum absolute atomic E-state index is 0.174. The molecule has 0 bridgehead atoms. The topological polar surface area (TPSA) is 68.0 Å². The van der Waals surface area contributed by atoms with Crippen LogP contribution in [0.4, 0.5) is 0 Å². The molecule has 11 heavy (non-hydrogen) atoms. The van der Waals surface area contributed by atoms with E-state index in [-0.39, 0.29) is 11.5 Å². The van der Waals surface area contributed by atoms with Gasteiger partial charge in [-0.3, -0.25) is 4.79 Å². The summed E-state index contributed by atoms with van der Waals surface area (Å²) >= 11 is 0. The molecule has 0 aromatic carbocycles. The predicted molar refractivity (Wildman–Crippen MR) is 34.4 cm³/mol. The molecule has 1 aromatic heterocycles. The Hall–Kier alpha value is -1.65. The summed E-state index contributed by atoms with van der Waals surface area (Å²) in [5.41, 5.74) is 0.701. The van der Waals surface area contributed by atoms with Gasteiger partial charge in [-0.25, -0.2) is 0 Å². The van der Waals surface area contributed by atoms with Crippen molar-refractivity contribution in [3.05, 3.63) is 23.5 Å². The van der Waals surface area contributed by atoms with Gasteiger partial charge in [-0.05, 0) is 11.3 Å². The van der Waals surface area contributed by atoms with E-state index in [1.165, 1.54) is 6.08 Å². The monoisotopic (exact) mass is 151 g/mol. The average molecular weight is 151 g/mol. The molecule has 56 valence electrons. The van der Waals surface area contributed by atoms with E-state index in [2.05, 4.69) is 10.3 Å². The zero-order chi connectivity index (χ0) is 7.84. The molecule has 1 aliphatic carbocycles. The number of hydrogen-bond acceptors (Lipinski definition) is 4. The van der Waals surface area contributed by atoms with Crippen LogP contribution in [0.1, 0.15) is 16.2 Å². The molecule has 0 aliphatic heterocycles. The molecule has 2 rings (SSSR count). The van der Waals surface area contributed by atoms with E-state index in [4.69, 9.17) is 5.21 Å². The Bertz CT molecular complexity index is 340. The van der Waals surface area contributed by atoms with Gasteiger partial charge < -0.3 is 5.21 Å². The third kappa shape index (κ3) is 0.739. The van der Waals surface area contributed by atoms with Crippen molar-refractivity contribution in [3.8, 4) is 0 Å². The molecule has 0 amide bonds. The van der Waals surface area contributed by atoms with E-state index in [9.17, 15) is 4.79 Å². The highest BCUT2D eigenvalue weighted by Crippen LogP contribution is 2.11. The maximum absolute atomic E-state index is 11.0. The normalized spacial score (nSPS) is 15.1. The highest BCUT2D eigenvalue weighted by molar-refractivity contribution is 6.04. The summed E-state index contributed by atoms with van der Waals surface area (Å²) in [5, 5.41) is 15.9. The van der Waals surface area contributed by atoms with Gasteiger partial charge in [-0.15, -0.1) is 5.10 Å². The van der Waals surface area contributed by atoms with Crippen LogP contribution in [0, 0.1) is 0 Å². The zero-order valence-electron chi connectivity index (χ0n) is 5.56. The van der Waals surface area contributed by atoms with Gasteiger partial charge in [0.15, 0.2) is 5.69 Å². The first-order chi connectivity index (χ1) is 5.29. The van der Waals surface area contributed by atoms with Crippen LogP contribution >= 0.6 is 0 Å². The SMILES string of the molecule is O=C1C=CCc2nnn(O)c21.